The van der Waals surface area contributed by atoms with Crippen molar-refractivity contribution < 1.29 is 14.7 Å². The number of nitrogens with one attached hydrogen (secondary N) is 1. The Kier molecular flexibility index (Phi) is 4.94. The minimum atomic E-state index is -0.873. The molecule has 0 aromatic carbocycles. The highest BCUT2D eigenvalue weighted by Gasteiger charge is 2.17. The Balaban J connectivity index is 2.02. The van der Waals surface area contributed by atoms with Crippen LogP contribution in [0.25, 0.3) is 10.8 Å². The molecule has 2 heterocycles. The fraction of sp³-hybridized carbons (Fsp3) is 0.308. The van der Waals surface area contributed by atoms with Gasteiger partial charge < -0.3 is 10.4 Å². The van der Waals surface area contributed by atoms with Crippen molar-refractivity contribution in [1.82, 2.24) is 20.3 Å². The lowest BCUT2D eigenvalue weighted by Gasteiger charge is -2.02. The SMILES string of the molecule is Cc1nc(-c2ncccn2)sc1C(=O)NCCCC(=O)O. The average molecular weight is 306 g/mol. The van der Waals surface area contributed by atoms with Gasteiger partial charge in [0.1, 0.15) is 4.88 Å². The lowest BCUT2D eigenvalue weighted by molar-refractivity contribution is -0.137. The maximum absolute atomic E-state index is 12.0. The van der Waals surface area contributed by atoms with Gasteiger partial charge in [-0.15, -0.1) is 11.3 Å². The van der Waals surface area contributed by atoms with E-state index >= 15 is 0 Å². The van der Waals surface area contributed by atoms with Crippen molar-refractivity contribution in [2.24, 2.45) is 0 Å². The summed E-state index contributed by atoms with van der Waals surface area (Å²) in [5.41, 5.74) is 0.609. The molecule has 0 atom stereocenters. The Bertz CT molecular complexity index is 642. The minimum Gasteiger partial charge on any atom is -0.481 e. The Labute approximate surface area is 125 Å². The molecular weight excluding hydrogens is 292 g/mol. The highest BCUT2D eigenvalue weighted by Crippen LogP contribution is 2.24. The maximum atomic E-state index is 12.0. The zero-order valence-corrected chi connectivity index (χ0v) is 12.2. The lowest BCUT2D eigenvalue weighted by atomic mass is 10.3. The molecule has 0 saturated heterocycles. The number of hydrogen-bond acceptors (Lipinski definition) is 6. The second-order valence-corrected chi connectivity index (χ2v) is 5.26. The average Bonchev–Trinajstić information content (AvgIpc) is 2.86. The number of aromatic nitrogens is 3. The van der Waals surface area contributed by atoms with Crippen LogP contribution in [-0.2, 0) is 4.79 Å². The van der Waals surface area contributed by atoms with E-state index in [1.165, 1.54) is 11.3 Å². The summed E-state index contributed by atoms with van der Waals surface area (Å²) < 4.78 is 0. The van der Waals surface area contributed by atoms with Crippen LogP contribution in [0.1, 0.15) is 28.2 Å². The van der Waals surface area contributed by atoms with E-state index in [4.69, 9.17) is 5.11 Å². The number of nitrogens with zero attached hydrogens (tertiary/aromatic N) is 3. The fourth-order valence-corrected chi connectivity index (χ4v) is 2.56. The Morgan fingerprint density at radius 2 is 2.05 bits per heavy atom. The molecule has 1 amide bonds. The third-order valence-electron chi connectivity index (χ3n) is 2.61. The first kappa shape index (κ1) is 15.0. The Hall–Kier alpha value is -2.35. The summed E-state index contributed by atoms with van der Waals surface area (Å²) in [6.07, 6.45) is 3.66. The summed E-state index contributed by atoms with van der Waals surface area (Å²) in [6, 6.07) is 1.71. The molecule has 0 aliphatic carbocycles. The predicted molar refractivity (Wildman–Crippen MR) is 77.1 cm³/mol. The summed E-state index contributed by atoms with van der Waals surface area (Å²) in [6.45, 7) is 2.06. The molecule has 110 valence electrons. The van der Waals surface area contributed by atoms with E-state index in [-0.39, 0.29) is 12.3 Å². The minimum absolute atomic E-state index is 0.0328. The monoisotopic (exact) mass is 306 g/mol. The van der Waals surface area contributed by atoms with Gasteiger partial charge in [0.2, 0.25) is 0 Å². The van der Waals surface area contributed by atoms with Gasteiger partial charge in [-0.3, -0.25) is 9.59 Å². The van der Waals surface area contributed by atoms with Crippen LogP contribution in [0.15, 0.2) is 18.5 Å². The summed E-state index contributed by atoms with van der Waals surface area (Å²) in [4.78, 5) is 35.4. The number of carbonyl (C=O) groups excluding carboxylic acids is 1. The number of aryl methyl sites for hydroxylation is 1. The summed E-state index contributed by atoms with van der Waals surface area (Å²) >= 11 is 1.22. The number of carboxylic acid groups (broad SMARTS) is 1. The van der Waals surface area contributed by atoms with E-state index in [1.54, 1.807) is 25.4 Å². The van der Waals surface area contributed by atoms with Gasteiger partial charge >= 0.3 is 5.97 Å². The third kappa shape index (κ3) is 4.06. The molecule has 0 fully saturated rings. The van der Waals surface area contributed by atoms with Crippen molar-refractivity contribution in [3.63, 3.8) is 0 Å². The summed E-state index contributed by atoms with van der Waals surface area (Å²) in [7, 11) is 0. The van der Waals surface area contributed by atoms with Gasteiger partial charge in [0.25, 0.3) is 5.91 Å². The fourth-order valence-electron chi connectivity index (χ4n) is 1.63. The molecule has 7 nitrogen and oxygen atoms in total. The number of aliphatic carboxylic acids is 1. The van der Waals surface area contributed by atoms with E-state index in [0.29, 0.717) is 34.4 Å². The molecule has 2 aromatic heterocycles. The molecule has 8 heteroatoms. The van der Waals surface area contributed by atoms with E-state index in [9.17, 15) is 9.59 Å². The van der Waals surface area contributed by atoms with Gasteiger partial charge in [0.15, 0.2) is 10.8 Å². The van der Waals surface area contributed by atoms with E-state index in [2.05, 4.69) is 20.3 Å². The Morgan fingerprint density at radius 1 is 1.33 bits per heavy atom. The summed E-state index contributed by atoms with van der Waals surface area (Å²) in [5, 5.41) is 11.8. The van der Waals surface area contributed by atoms with Crippen LogP contribution in [0.2, 0.25) is 0 Å². The molecule has 2 N–H and O–H groups in total. The first-order valence-electron chi connectivity index (χ1n) is 6.32. The second kappa shape index (κ2) is 6.89. The number of carboxylic acids is 1. The first-order chi connectivity index (χ1) is 10.1. The number of thiazole rings is 1. The topological polar surface area (TPSA) is 105 Å². The Morgan fingerprint density at radius 3 is 2.71 bits per heavy atom. The van der Waals surface area contributed by atoms with Crippen LogP contribution < -0.4 is 5.32 Å². The number of hydrogen-bond donors (Lipinski definition) is 2. The van der Waals surface area contributed by atoms with Crippen molar-refractivity contribution in [2.75, 3.05) is 6.54 Å². The van der Waals surface area contributed by atoms with E-state index < -0.39 is 5.97 Å². The van der Waals surface area contributed by atoms with Crippen LogP contribution in [-0.4, -0.2) is 38.5 Å². The molecule has 0 aliphatic heterocycles. The van der Waals surface area contributed by atoms with Gasteiger partial charge in [-0.2, -0.15) is 0 Å². The molecule has 21 heavy (non-hydrogen) atoms. The lowest BCUT2D eigenvalue weighted by Crippen LogP contribution is -2.24. The number of carbonyl (C=O) groups is 2. The van der Waals surface area contributed by atoms with Crippen LogP contribution in [0.3, 0.4) is 0 Å². The van der Waals surface area contributed by atoms with Gasteiger partial charge in [-0.05, 0) is 19.4 Å². The highest BCUT2D eigenvalue weighted by molar-refractivity contribution is 7.17. The molecule has 0 radical (unpaired) electrons. The highest BCUT2D eigenvalue weighted by atomic mass is 32.1. The van der Waals surface area contributed by atoms with Crippen molar-refractivity contribution in [2.45, 2.75) is 19.8 Å². The van der Waals surface area contributed by atoms with Gasteiger partial charge in [-0.1, -0.05) is 0 Å². The standard InChI is InChI=1S/C13H14N4O3S/c1-8-10(12(20)16-5-2-4-9(18)19)21-13(17-8)11-14-6-3-7-15-11/h3,6-7H,2,4-5H2,1H3,(H,16,20)(H,18,19). The van der Waals surface area contributed by atoms with Gasteiger partial charge in [0, 0.05) is 25.4 Å². The number of amides is 1. The molecule has 2 rings (SSSR count). The quantitative estimate of drug-likeness (QED) is 0.784. The zero-order chi connectivity index (χ0) is 15.2. The van der Waals surface area contributed by atoms with Gasteiger partial charge in [-0.25, -0.2) is 15.0 Å². The molecule has 0 bridgehead atoms. The molecule has 0 aliphatic rings. The van der Waals surface area contributed by atoms with Crippen LogP contribution in [0.5, 0.6) is 0 Å². The van der Waals surface area contributed by atoms with Crippen molar-refractivity contribution in [3.05, 3.63) is 29.0 Å². The normalized spacial score (nSPS) is 10.3. The molecular formula is C13H14N4O3S. The van der Waals surface area contributed by atoms with E-state index in [0.717, 1.165) is 0 Å². The molecule has 0 spiro atoms. The zero-order valence-electron chi connectivity index (χ0n) is 11.4. The van der Waals surface area contributed by atoms with Crippen molar-refractivity contribution in [3.8, 4) is 10.8 Å². The third-order valence-corrected chi connectivity index (χ3v) is 3.77. The maximum Gasteiger partial charge on any atom is 0.303 e. The molecule has 0 saturated carbocycles. The first-order valence-corrected chi connectivity index (χ1v) is 7.14. The smallest absolute Gasteiger partial charge is 0.303 e. The summed E-state index contributed by atoms with van der Waals surface area (Å²) in [5.74, 6) is -0.644. The van der Waals surface area contributed by atoms with Crippen molar-refractivity contribution >= 4 is 23.2 Å². The largest absolute Gasteiger partial charge is 0.481 e. The predicted octanol–water partition coefficient (Wildman–Crippen LogP) is 1.50. The van der Waals surface area contributed by atoms with Crippen LogP contribution >= 0.6 is 11.3 Å². The van der Waals surface area contributed by atoms with Crippen LogP contribution in [0.4, 0.5) is 0 Å². The van der Waals surface area contributed by atoms with Crippen LogP contribution in [0, 0.1) is 6.92 Å². The van der Waals surface area contributed by atoms with Gasteiger partial charge in [0.05, 0.1) is 5.69 Å². The number of rotatable bonds is 6. The molecule has 0 unspecified atom stereocenters. The van der Waals surface area contributed by atoms with Crippen molar-refractivity contribution in [1.29, 1.82) is 0 Å². The van der Waals surface area contributed by atoms with E-state index in [1.807, 2.05) is 0 Å². The second-order valence-electron chi connectivity index (χ2n) is 4.26. The molecule has 2 aromatic rings.